The van der Waals surface area contributed by atoms with E-state index < -0.39 is 29.7 Å². The predicted octanol–water partition coefficient (Wildman–Crippen LogP) is 5.40. The van der Waals surface area contributed by atoms with Crippen LogP contribution in [0.4, 0.5) is 5.82 Å². The third-order valence-corrected chi connectivity index (χ3v) is 11.3. The van der Waals surface area contributed by atoms with Gasteiger partial charge in [-0.15, -0.1) is 11.8 Å². The summed E-state index contributed by atoms with van der Waals surface area (Å²) in [6.07, 6.45) is 4.99. The minimum Gasteiger partial charge on any atom is -0.457 e. The highest BCUT2D eigenvalue weighted by molar-refractivity contribution is 7.99. The first-order valence-electron chi connectivity index (χ1n) is 18.3. The molecule has 2 aromatic heterocycles. The van der Waals surface area contributed by atoms with Crippen molar-refractivity contribution in [1.82, 2.24) is 34.9 Å². The van der Waals surface area contributed by atoms with Crippen molar-refractivity contribution in [3.8, 4) is 22.8 Å². The van der Waals surface area contributed by atoms with Gasteiger partial charge in [0.1, 0.15) is 35.4 Å². The molecular weight excluding hydrogens is 721 g/mol. The molecule has 14 nitrogen and oxygen atoms in total. The van der Waals surface area contributed by atoms with Gasteiger partial charge in [-0.05, 0) is 86.4 Å². The van der Waals surface area contributed by atoms with Gasteiger partial charge in [0, 0.05) is 36.4 Å². The van der Waals surface area contributed by atoms with Gasteiger partial charge >= 0.3 is 0 Å². The van der Waals surface area contributed by atoms with Crippen LogP contribution in [0.5, 0.6) is 11.5 Å². The Morgan fingerprint density at radius 3 is 2.51 bits per heavy atom. The highest BCUT2D eigenvalue weighted by Crippen LogP contribution is 2.37. The Morgan fingerprint density at radius 2 is 1.71 bits per heavy atom. The second kappa shape index (κ2) is 15.3. The number of piperidine rings is 2. The summed E-state index contributed by atoms with van der Waals surface area (Å²) in [5, 5.41) is 7.90. The zero-order chi connectivity index (χ0) is 38.1. The molecule has 0 aliphatic carbocycles. The van der Waals surface area contributed by atoms with Gasteiger partial charge in [-0.2, -0.15) is 5.10 Å². The molecule has 5 aromatic rings. The van der Waals surface area contributed by atoms with Crippen LogP contribution in [0.3, 0.4) is 0 Å². The van der Waals surface area contributed by atoms with Crippen molar-refractivity contribution in [2.24, 2.45) is 0 Å². The molecule has 8 rings (SSSR count). The molecule has 0 bridgehead atoms. The molecule has 1 unspecified atom stereocenters. The molecular formula is C40H38N8O6S. The lowest BCUT2D eigenvalue weighted by Crippen LogP contribution is -2.54. The Bertz CT molecular complexity index is 2310. The van der Waals surface area contributed by atoms with Crippen molar-refractivity contribution < 1.29 is 28.7 Å². The largest absolute Gasteiger partial charge is 0.457 e. The number of nitrogens with zero attached hydrogens (tertiary/aromatic N) is 6. The van der Waals surface area contributed by atoms with Crippen LogP contribution in [0.25, 0.3) is 22.3 Å². The number of rotatable bonds is 11. The summed E-state index contributed by atoms with van der Waals surface area (Å²) in [6, 6.07) is 21.2. The Morgan fingerprint density at radius 1 is 0.909 bits per heavy atom. The summed E-state index contributed by atoms with van der Waals surface area (Å²) in [4.78, 5) is 76.5. The molecule has 5 amide bonds. The van der Waals surface area contributed by atoms with Crippen molar-refractivity contribution >= 4 is 58.1 Å². The molecule has 3 aliphatic rings. The monoisotopic (exact) mass is 758 g/mol. The number of ether oxygens (including phenoxy) is 1. The summed E-state index contributed by atoms with van der Waals surface area (Å²) in [7, 11) is 0. The fourth-order valence-electron chi connectivity index (χ4n) is 7.46. The van der Waals surface area contributed by atoms with E-state index in [2.05, 4.69) is 15.3 Å². The number of nitrogens with one attached hydrogen (secondary N) is 1. The summed E-state index contributed by atoms with van der Waals surface area (Å²) < 4.78 is 7.86. The number of nitrogens with two attached hydrogens (primary N) is 1. The van der Waals surface area contributed by atoms with Gasteiger partial charge in [-0.3, -0.25) is 34.2 Å². The smallest absolute Gasteiger partial charge is 0.263 e. The number of hydrogen-bond donors (Lipinski definition) is 2. The Hall–Kier alpha value is -6.09. The average Bonchev–Trinajstić information content (AvgIpc) is 3.71. The first kappa shape index (κ1) is 35.9. The van der Waals surface area contributed by atoms with Crippen molar-refractivity contribution in [1.29, 1.82) is 0 Å². The Balaban J connectivity index is 0.883. The SMILES string of the molecule is Nc1ncnc2c1c(-c1ccc(Oc3ccccc3)cc1)nn2[C@@H]1CCCN(C(=O)CCCCSc2cccc3c2C(=O)N(C2CCC(=O)NC2=O)C3=O)C1. The van der Waals surface area contributed by atoms with Gasteiger partial charge in [0.2, 0.25) is 17.7 Å². The number of imide groups is 2. The van der Waals surface area contributed by atoms with Gasteiger partial charge in [0.15, 0.2) is 5.65 Å². The molecule has 0 radical (unpaired) electrons. The molecule has 15 heteroatoms. The minimum atomic E-state index is -1.01. The number of likely N-dealkylation sites (tertiary alicyclic amines) is 1. The first-order valence-corrected chi connectivity index (χ1v) is 19.3. The van der Waals surface area contributed by atoms with E-state index in [-0.39, 0.29) is 35.9 Å². The van der Waals surface area contributed by atoms with Gasteiger partial charge in [0.05, 0.1) is 22.6 Å². The molecule has 0 spiro atoms. The lowest BCUT2D eigenvalue weighted by Gasteiger charge is -2.33. The second-order valence-corrected chi connectivity index (χ2v) is 14.9. The van der Waals surface area contributed by atoms with Crippen LogP contribution < -0.4 is 15.8 Å². The minimum absolute atomic E-state index is 0.0644. The first-order chi connectivity index (χ1) is 26.8. The van der Waals surface area contributed by atoms with Gasteiger partial charge < -0.3 is 15.4 Å². The summed E-state index contributed by atoms with van der Waals surface area (Å²) in [6.45, 7) is 1.15. The van der Waals surface area contributed by atoms with E-state index in [1.165, 1.54) is 18.1 Å². The lowest BCUT2D eigenvalue weighted by molar-refractivity contribution is -0.136. The van der Waals surface area contributed by atoms with Crippen LogP contribution in [0.2, 0.25) is 0 Å². The van der Waals surface area contributed by atoms with Crippen molar-refractivity contribution in [3.63, 3.8) is 0 Å². The number of anilines is 1. The zero-order valence-electron chi connectivity index (χ0n) is 29.8. The summed E-state index contributed by atoms with van der Waals surface area (Å²) in [5.74, 6) is 0.365. The fraction of sp³-hybridized carbons (Fsp3) is 0.300. The van der Waals surface area contributed by atoms with E-state index in [1.54, 1.807) is 18.2 Å². The number of amides is 5. The van der Waals surface area contributed by atoms with Crippen LogP contribution in [-0.4, -0.2) is 84.0 Å². The van der Waals surface area contributed by atoms with Crippen molar-refractivity contribution in [2.45, 2.75) is 61.9 Å². The molecule has 2 saturated heterocycles. The van der Waals surface area contributed by atoms with Gasteiger partial charge in [-0.25, -0.2) is 14.6 Å². The van der Waals surface area contributed by atoms with E-state index in [4.69, 9.17) is 15.6 Å². The maximum atomic E-state index is 13.5. The van der Waals surface area contributed by atoms with E-state index in [0.717, 1.165) is 35.5 Å². The van der Waals surface area contributed by atoms with Crippen LogP contribution in [0.15, 0.2) is 84.0 Å². The topological polar surface area (TPSA) is 183 Å². The number of benzene rings is 3. The predicted molar refractivity (Wildman–Crippen MR) is 204 cm³/mol. The van der Waals surface area contributed by atoms with Crippen LogP contribution in [-0.2, 0) is 14.4 Å². The quantitative estimate of drug-likeness (QED) is 0.100. The number of para-hydroxylation sites is 1. The molecule has 280 valence electrons. The van der Waals surface area contributed by atoms with Crippen molar-refractivity contribution in [2.75, 3.05) is 24.6 Å². The molecule has 5 heterocycles. The highest BCUT2D eigenvalue weighted by Gasteiger charge is 2.45. The molecule has 3 aromatic carbocycles. The number of nitrogen functional groups attached to an aromatic ring is 1. The van der Waals surface area contributed by atoms with Gasteiger partial charge in [-0.1, -0.05) is 24.3 Å². The molecule has 0 saturated carbocycles. The molecule has 3 N–H and O–H groups in total. The van der Waals surface area contributed by atoms with E-state index in [1.807, 2.05) is 64.2 Å². The van der Waals surface area contributed by atoms with Gasteiger partial charge in [0.25, 0.3) is 11.8 Å². The average molecular weight is 759 g/mol. The molecule has 2 fully saturated rings. The lowest BCUT2D eigenvalue weighted by atomic mass is 10.0. The maximum absolute atomic E-state index is 13.5. The maximum Gasteiger partial charge on any atom is 0.263 e. The molecule has 2 atom stereocenters. The van der Waals surface area contributed by atoms with E-state index >= 15 is 0 Å². The third-order valence-electron chi connectivity index (χ3n) is 10.2. The number of hydrogen-bond acceptors (Lipinski definition) is 11. The van der Waals surface area contributed by atoms with Crippen LogP contribution in [0, 0.1) is 0 Å². The number of unbranched alkanes of at least 4 members (excludes halogenated alkanes) is 1. The normalized spacial score (nSPS) is 18.5. The standard InChI is InChI=1S/C40H38N8O6S/c41-36-34-35(24-14-16-27(17-15-24)54-26-9-2-1-3-10-26)45-48(37(34)43-23-42-36)25-8-7-20-46(22-25)32(50)13-4-5-21-55-30-12-6-11-28-33(30)40(53)47(39(28)52)29-18-19-31(49)44-38(29)51/h1-3,6,9-12,14-17,23,25,29H,4-5,7-8,13,18-22H2,(H2,41,42,43)(H,44,49,51)/t25-,29?/m1/s1. The number of thioether (sulfide) groups is 1. The number of carbonyl (C=O) groups is 5. The second-order valence-electron chi connectivity index (χ2n) is 13.8. The fourth-order valence-corrected chi connectivity index (χ4v) is 8.55. The number of aromatic nitrogens is 4. The van der Waals surface area contributed by atoms with Crippen molar-refractivity contribution in [3.05, 3.63) is 90.3 Å². The third kappa shape index (κ3) is 7.14. The molecule has 3 aliphatic heterocycles. The number of fused-ring (bicyclic) bond motifs is 2. The molecule has 55 heavy (non-hydrogen) atoms. The van der Waals surface area contributed by atoms with Crippen LogP contribution >= 0.6 is 11.8 Å². The highest BCUT2D eigenvalue weighted by atomic mass is 32.2. The van der Waals surface area contributed by atoms with E-state index in [9.17, 15) is 24.0 Å². The Labute approximate surface area is 320 Å². The Kier molecular flexibility index (Phi) is 10.0. The zero-order valence-corrected chi connectivity index (χ0v) is 30.7. The summed E-state index contributed by atoms with van der Waals surface area (Å²) >= 11 is 1.45. The number of carbonyl (C=O) groups excluding carboxylic acids is 5. The van der Waals surface area contributed by atoms with Crippen LogP contribution in [0.1, 0.15) is 71.7 Å². The van der Waals surface area contributed by atoms with E-state index in [0.29, 0.717) is 64.9 Å². The summed E-state index contributed by atoms with van der Waals surface area (Å²) in [5.41, 5.74) is 9.07.